The summed E-state index contributed by atoms with van der Waals surface area (Å²) in [5.41, 5.74) is 6.22. The molecule has 2 N–H and O–H groups in total. The van der Waals surface area contributed by atoms with Crippen molar-refractivity contribution in [3.8, 4) is 5.75 Å². The molecule has 1 unspecified atom stereocenters. The predicted octanol–water partition coefficient (Wildman–Crippen LogP) is 2.16. The molecule has 3 rings (SSSR count). The molecule has 8 nitrogen and oxygen atoms in total. The molecule has 3 amide bonds. The van der Waals surface area contributed by atoms with Gasteiger partial charge in [0, 0.05) is 19.3 Å². The van der Waals surface area contributed by atoms with Gasteiger partial charge in [-0.1, -0.05) is 42.5 Å². The van der Waals surface area contributed by atoms with Gasteiger partial charge in [-0.3, -0.25) is 25.2 Å². The van der Waals surface area contributed by atoms with E-state index in [1.54, 1.807) is 6.07 Å². The largest absolute Gasteiger partial charge is 0.478 e. The number of rotatable bonds is 7. The van der Waals surface area contributed by atoms with E-state index < -0.39 is 23.7 Å². The fourth-order valence-electron chi connectivity index (χ4n) is 2.90. The van der Waals surface area contributed by atoms with Gasteiger partial charge >= 0.3 is 0 Å². The van der Waals surface area contributed by atoms with Crippen LogP contribution in [0.15, 0.2) is 59.7 Å². The zero-order valence-corrected chi connectivity index (χ0v) is 17.0. The van der Waals surface area contributed by atoms with Crippen molar-refractivity contribution in [3.05, 3.63) is 66.0 Å². The van der Waals surface area contributed by atoms with Crippen LogP contribution in [0.4, 0.5) is 4.39 Å². The van der Waals surface area contributed by atoms with E-state index in [0.29, 0.717) is 13.0 Å². The minimum atomic E-state index is -1.03. The molecule has 0 saturated heterocycles. The summed E-state index contributed by atoms with van der Waals surface area (Å²) in [5, 5.41) is 5.69. The fraction of sp³-hybridized carbons (Fsp3) is 0.273. The average Bonchev–Trinajstić information content (AvgIpc) is 3.28. The van der Waals surface area contributed by atoms with Gasteiger partial charge in [0.2, 0.25) is 11.8 Å². The molecule has 0 bridgehead atoms. The third-order valence-corrected chi connectivity index (χ3v) is 4.60. The highest BCUT2D eigenvalue weighted by atomic mass is 19.1. The van der Waals surface area contributed by atoms with Crippen LogP contribution < -0.4 is 15.6 Å². The van der Waals surface area contributed by atoms with Gasteiger partial charge in [-0.25, -0.2) is 9.40 Å². The van der Waals surface area contributed by atoms with Crippen molar-refractivity contribution in [2.75, 3.05) is 6.54 Å². The molecule has 2 aromatic carbocycles. The van der Waals surface area contributed by atoms with E-state index in [9.17, 15) is 18.8 Å². The number of nitrogens with one attached hydrogen (secondary N) is 2. The van der Waals surface area contributed by atoms with Crippen LogP contribution in [0.1, 0.15) is 31.7 Å². The van der Waals surface area contributed by atoms with Crippen LogP contribution in [0.2, 0.25) is 0 Å². The highest BCUT2D eigenvalue weighted by Crippen LogP contribution is 2.17. The molecule has 0 saturated carbocycles. The first kappa shape index (κ1) is 21.9. The first-order valence-electron chi connectivity index (χ1n) is 9.87. The van der Waals surface area contributed by atoms with E-state index in [0.717, 1.165) is 11.3 Å². The Morgan fingerprint density at radius 2 is 1.77 bits per heavy atom. The topological polar surface area (TPSA) is 100 Å². The van der Waals surface area contributed by atoms with Crippen LogP contribution >= 0.6 is 0 Å². The molecule has 2 aromatic rings. The number of nitrogens with zero attached hydrogens (tertiary/aromatic N) is 2. The second kappa shape index (κ2) is 10.3. The number of benzene rings is 2. The molecule has 162 valence electrons. The number of amides is 3. The van der Waals surface area contributed by atoms with E-state index in [1.165, 1.54) is 30.1 Å². The fourth-order valence-corrected chi connectivity index (χ4v) is 2.90. The van der Waals surface area contributed by atoms with E-state index in [-0.39, 0.29) is 24.5 Å². The molecule has 1 heterocycles. The lowest BCUT2D eigenvalue weighted by molar-refractivity contribution is -0.135. The number of halogens is 1. The first-order chi connectivity index (χ1) is 14.9. The van der Waals surface area contributed by atoms with Crippen molar-refractivity contribution in [1.82, 2.24) is 15.9 Å². The molecule has 31 heavy (non-hydrogen) atoms. The van der Waals surface area contributed by atoms with Crippen LogP contribution in [0.5, 0.6) is 5.75 Å². The molecule has 1 aliphatic heterocycles. The maximum absolute atomic E-state index is 13.6. The number of hydrazone groups is 1. The quantitative estimate of drug-likeness (QED) is 0.663. The number of hydrogen-bond donors (Lipinski definition) is 2. The van der Waals surface area contributed by atoms with E-state index in [2.05, 4.69) is 16.0 Å². The van der Waals surface area contributed by atoms with E-state index in [4.69, 9.17) is 4.74 Å². The molecule has 1 aliphatic rings. The lowest BCUT2D eigenvalue weighted by atomic mass is 10.1. The van der Waals surface area contributed by atoms with Crippen molar-refractivity contribution < 1.29 is 23.5 Å². The van der Waals surface area contributed by atoms with Gasteiger partial charge in [-0.15, -0.1) is 0 Å². The van der Waals surface area contributed by atoms with E-state index in [1.807, 2.05) is 30.3 Å². The molecular weight excluding hydrogens is 403 g/mol. The number of hydrogen-bond acceptors (Lipinski definition) is 5. The maximum Gasteiger partial charge on any atom is 0.279 e. The highest BCUT2D eigenvalue weighted by molar-refractivity contribution is 6.02. The molecular formula is C22H23FN4O4. The molecule has 0 radical (unpaired) electrons. The minimum absolute atomic E-state index is 0.0471. The third kappa shape index (κ3) is 6.11. The zero-order valence-electron chi connectivity index (χ0n) is 17.0. The van der Waals surface area contributed by atoms with Crippen LogP contribution in [-0.4, -0.2) is 41.1 Å². The Morgan fingerprint density at radius 3 is 2.52 bits per heavy atom. The molecule has 0 fully saturated rings. The summed E-state index contributed by atoms with van der Waals surface area (Å²) in [6.45, 7) is 1.89. The van der Waals surface area contributed by atoms with Gasteiger partial charge in [-0.05, 0) is 24.6 Å². The molecule has 0 aromatic heterocycles. The average molecular weight is 426 g/mol. The zero-order chi connectivity index (χ0) is 22.2. The van der Waals surface area contributed by atoms with E-state index >= 15 is 0 Å². The van der Waals surface area contributed by atoms with Crippen LogP contribution in [0, 0.1) is 5.82 Å². The lowest BCUT2D eigenvalue weighted by Gasteiger charge is -2.15. The van der Waals surface area contributed by atoms with Gasteiger partial charge in [-0.2, -0.15) is 5.10 Å². The Kier molecular flexibility index (Phi) is 7.31. The van der Waals surface area contributed by atoms with Gasteiger partial charge < -0.3 is 4.74 Å². The Hall–Kier alpha value is -3.75. The second-order valence-electron chi connectivity index (χ2n) is 6.91. The molecule has 0 spiro atoms. The van der Waals surface area contributed by atoms with Crippen molar-refractivity contribution in [3.63, 3.8) is 0 Å². The summed E-state index contributed by atoms with van der Waals surface area (Å²) in [7, 11) is 0. The van der Waals surface area contributed by atoms with Crippen molar-refractivity contribution in [2.24, 2.45) is 5.10 Å². The summed E-state index contributed by atoms with van der Waals surface area (Å²) in [4.78, 5) is 36.3. The van der Waals surface area contributed by atoms with Crippen LogP contribution in [0.25, 0.3) is 0 Å². The standard InChI is InChI=1S/C22H23FN4O4/c1-15(31-19-10-6-5-9-17(19)23)22(30)25-24-20(28)11-12-21(29)27-14-13-18(26-27)16-7-3-2-4-8-16/h2-10,15H,11-14H2,1H3,(H,24,28)(H,25,30). The first-order valence-corrected chi connectivity index (χ1v) is 9.87. The monoisotopic (exact) mass is 426 g/mol. The summed E-state index contributed by atoms with van der Waals surface area (Å²) in [5.74, 6) is -2.12. The third-order valence-electron chi connectivity index (χ3n) is 4.60. The van der Waals surface area contributed by atoms with Gasteiger partial charge in [0.05, 0.1) is 12.3 Å². The molecule has 1 atom stereocenters. The number of ether oxygens (including phenoxy) is 1. The second-order valence-corrected chi connectivity index (χ2v) is 6.91. The maximum atomic E-state index is 13.6. The summed E-state index contributed by atoms with van der Waals surface area (Å²) < 4.78 is 18.8. The number of carbonyl (C=O) groups is 3. The molecule has 0 aliphatic carbocycles. The smallest absolute Gasteiger partial charge is 0.279 e. The van der Waals surface area contributed by atoms with Crippen molar-refractivity contribution in [2.45, 2.75) is 32.3 Å². The number of carbonyl (C=O) groups excluding carboxylic acids is 3. The number of para-hydroxylation sites is 1. The number of hydrazine groups is 1. The predicted molar refractivity (Wildman–Crippen MR) is 111 cm³/mol. The Morgan fingerprint density at radius 1 is 1.06 bits per heavy atom. The van der Waals surface area contributed by atoms with Crippen LogP contribution in [0.3, 0.4) is 0 Å². The summed E-state index contributed by atoms with van der Waals surface area (Å²) >= 11 is 0. The van der Waals surface area contributed by atoms with Crippen molar-refractivity contribution in [1.29, 1.82) is 0 Å². The normalized spacial score (nSPS) is 13.9. The Bertz CT molecular complexity index is 980. The minimum Gasteiger partial charge on any atom is -0.478 e. The van der Waals surface area contributed by atoms with Gasteiger partial charge in [0.1, 0.15) is 0 Å². The van der Waals surface area contributed by atoms with Gasteiger partial charge in [0.25, 0.3) is 5.91 Å². The summed E-state index contributed by atoms with van der Waals surface area (Å²) in [6.07, 6.45) is -0.546. The van der Waals surface area contributed by atoms with Gasteiger partial charge in [0.15, 0.2) is 17.7 Å². The SMILES string of the molecule is CC(Oc1ccccc1F)C(=O)NNC(=O)CCC(=O)N1CCC(c2ccccc2)=N1. The highest BCUT2D eigenvalue weighted by Gasteiger charge is 2.22. The Balaban J connectivity index is 1.40. The van der Waals surface area contributed by atoms with Crippen molar-refractivity contribution >= 4 is 23.4 Å². The lowest BCUT2D eigenvalue weighted by Crippen LogP contribution is -2.47. The molecule has 9 heteroatoms. The van der Waals surface area contributed by atoms with Crippen LogP contribution in [-0.2, 0) is 14.4 Å². The Labute approximate surface area is 179 Å². The summed E-state index contributed by atoms with van der Waals surface area (Å²) in [6, 6.07) is 15.3.